The van der Waals surface area contributed by atoms with Gasteiger partial charge in [-0.1, -0.05) is 5.16 Å². The van der Waals surface area contributed by atoms with Crippen LogP contribution in [0.1, 0.15) is 11.4 Å². The van der Waals surface area contributed by atoms with Crippen LogP contribution in [0.15, 0.2) is 41.3 Å². The van der Waals surface area contributed by atoms with Gasteiger partial charge < -0.3 is 15.5 Å². The Morgan fingerprint density at radius 2 is 2.39 bits per heavy atom. The highest BCUT2D eigenvalue weighted by Gasteiger charge is 2.08. The molecule has 0 fully saturated rings. The molecule has 92 valence electrons. The number of thiazole rings is 1. The lowest BCUT2D eigenvalue weighted by Crippen LogP contribution is -2.18. The first-order valence-corrected chi connectivity index (χ1v) is 6.20. The third-order valence-electron chi connectivity index (χ3n) is 2.68. The maximum Gasteiger partial charge on any atom is 0.193 e. The number of imidazole rings is 1. The van der Waals surface area contributed by atoms with Gasteiger partial charge in [-0.15, -0.1) is 11.3 Å². The van der Waals surface area contributed by atoms with Crippen molar-refractivity contribution in [3.63, 3.8) is 0 Å². The minimum atomic E-state index is 0.0982. The van der Waals surface area contributed by atoms with Crippen LogP contribution in [0.25, 0.3) is 4.96 Å². The van der Waals surface area contributed by atoms with E-state index in [1.165, 1.54) is 0 Å². The molecule has 18 heavy (non-hydrogen) atoms. The largest absolute Gasteiger partial charge is 0.409 e. The van der Waals surface area contributed by atoms with Crippen molar-refractivity contribution in [2.45, 2.75) is 6.54 Å². The Kier molecular flexibility index (Phi) is 2.52. The van der Waals surface area contributed by atoms with Crippen LogP contribution in [0, 0.1) is 0 Å². The van der Waals surface area contributed by atoms with Crippen molar-refractivity contribution in [2.75, 3.05) is 0 Å². The van der Waals surface area contributed by atoms with E-state index >= 15 is 0 Å². The lowest BCUT2D eigenvalue weighted by Gasteiger charge is -2.05. The van der Waals surface area contributed by atoms with Crippen LogP contribution in [0.4, 0.5) is 0 Å². The zero-order chi connectivity index (χ0) is 12.5. The molecular weight excluding hydrogens is 250 g/mol. The van der Waals surface area contributed by atoms with Crippen LogP contribution < -0.4 is 5.73 Å². The zero-order valence-electron chi connectivity index (χ0n) is 9.39. The number of fused-ring (bicyclic) bond motifs is 1. The molecule has 7 heteroatoms. The van der Waals surface area contributed by atoms with Crippen molar-refractivity contribution in [2.24, 2.45) is 10.9 Å². The lowest BCUT2D eigenvalue weighted by molar-refractivity contribution is 0.318. The smallest absolute Gasteiger partial charge is 0.193 e. The molecule has 0 saturated carbocycles. The van der Waals surface area contributed by atoms with E-state index in [-0.39, 0.29) is 5.84 Å². The lowest BCUT2D eigenvalue weighted by atomic mass is 10.4. The number of aromatic nitrogens is 3. The molecule has 0 radical (unpaired) electrons. The molecule has 0 bridgehead atoms. The van der Waals surface area contributed by atoms with E-state index in [1.807, 2.05) is 39.0 Å². The Labute approximate surface area is 107 Å². The fourth-order valence-electron chi connectivity index (χ4n) is 1.86. The Balaban J connectivity index is 1.93. The first-order chi connectivity index (χ1) is 8.78. The van der Waals surface area contributed by atoms with Gasteiger partial charge >= 0.3 is 0 Å². The summed E-state index contributed by atoms with van der Waals surface area (Å²) in [6.45, 7) is 0.590. The van der Waals surface area contributed by atoms with Crippen LogP contribution in [0.2, 0.25) is 0 Å². The number of rotatable bonds is 3. The van der Waals surface area contributed by atoms with E-state index in [9.17, 15) is 0 Å². The third-order valence-corrected chi connectivity index (χ3v) is 3.45. The summed E-state index contributed by atoms with van der Waals surface area (Å²) in [5.41, 5.74) is 7.21. The van der Waals surface area contributed by atoms with E-state index in [0.29, 0.717) is 12.2 Å². The quantitative estimate of drug-likeness (QED) is 0.323. The summed E-state index contributed by atoms with van der Waals surface area (Å²) in [5.74, 6) is 0.0982. The van der Waals surface area contributed by atoms with Crippen molar-refractivity contribution >= 4 is 22.1 Å². The number of oxime groups is 1. The van der Waals surface area contributed by atoms with Gasteiger partial charge in [0.05, 0.1) is 17.9 Å². The summed E-state index contributed by atoms with van der Waals surface area (Å²) in [6, 6.07) is 3.65. The molecular formula is C11H11N5OS. The number of nitrogens with zero attached hydrogens (tertiary/aromatic N) is 4. The number of amidine groups is 1. The summed E-state index contributed by atoms with van der Waals surface area (Å²) >= 11 is 1.59. The minimum absolute atomic E-state index is 0.0982. The molecule has 6 nitrogen and oxygen atoms in total. The second-order valence-electron chi connectivity index (χ2n) is 3.83. The van der Waals surface area contributed by atoms with E-state index in [4.69, 9.17) is 10.9 Å². The second kappa shape index (κ2) is 4.19. The molecule has 3 aromatic heterocycles. The fourth-order valence-corrected chi connectivity index (χ4v) is 2.58. The summed E-state index contributed by atoms with van der Waals surface area (Å²) in [7, 11) is 0. The average Bonchev–Trinajstić information content (AvgIpc) is 3.03. The molecule has 0 unspecified atom stereocenters. The van der Waals surface area contributed by atoms with Gasteiger partial charge in [-0.3, -0.25) is 4.40 Å². The van der Waals surface area contributed by atoms with Crippen LogP contribution in [0.3, 0.4) is 0 Å². The van der Waals surface area contributed by atoms with E-state index < -0.39 is 0 Å². The van der Waals surface area contributed by atoms with Gasteiger partial charge in [0.15, 0.2) is 10.8 Å². The van der Waals surface area contributed by atoms with Crippen LogP contribution in [-0.4, -0.2) is 25.0 Å². The number of hydrogen-bond acceptors (Lipinski definition) is 4. The van der Waals surface area contributed by atoms with Gasteiger partial charge in [0, 0.05) is 24.0 Å². The molecule has 3 heterocycles. The molecule has 0 aliphatic rings. The monoisotopic (exact) mass is 261 g/mol. The van der Waals surface area contributed by atoms with Crippen LogP contribution in [-0.2, 0) is 6.54 Å². The Bertz CT molecular complexity index is 679. The van der Waals surface area contributed by atoms with Crippen molar-refractivity contribution in [1.82, 2.24) is 14.0 Å². The highest BCUT2D eigenvalue weighted by molar-refractivity contribution is 7.15. The fraction of sp³-hybridized carbons (Fsp3) is 0.0909. The maximum absolute atomic E-state index is 8.71. The van der Waals surface area contributed by atoms with Gasteiger partial charge in [0.1, 0.15) is 0 Å². The Hall–Kier alpha value is -2.28. The molecule has 0 spiro atoms. The van der Waals surface area contributed by atoms with Crippen LogP contribution in [0.5, 0.6) is 0 Å². The molecule has 3 rings (SSSR count). The van der Waals surface area contributed by atoms with E-state index in [1.54, 1.807) is 17.4 Å². The summed E-state index contributed by atoms with van der Waals surface area (Å²) < 4.78 is 3.87. The molecule has 0 atom stereocenters. The zero-order valence-corrected chi connectivity index (χ0v) is 10.2. The highest BCUT2D eigenvalue weighted by Crippen LogP contribution is 2.13. The molecule has 0 aliphatic heterocycles. The van der Waals surface area contributed by atoms with Crippen molar-refractivity contribution in [3.05, 3.63) is 47.5 Å². The molecule has 0 saturated heterocycles. The van der Waals surface area contributed by atoms with Gasteiger partial charge in [-0.25, -0.2) is 4.98 Å². The van der Waals surface area contributed by atoms with Crippen LogP contribution >= 0.6 is 11.3 Å². The first kappa shape index (κ1) is 10.8. The van der Waals surface area contributed by atoms with Gasteiger partial charge in [-0.2, -0.15) is 0 Å². The van der Waals surface area contributed by atoms with Gasteiger partial charge in [-0.05, 0) is 12.1 Å². The highest BCUT2D eigenvalue weighted by atomic mass is 32.1. The maximum atomic E-state index is 8.71. The van der Waals surface area contributed by atoms with Crippen molar-refractivity contribution in [1.29, 1.82) is 0 Å². The topological polar surface area (TPSA) is 80.8 Å². The number of nitrogens with two attached hydrogens (primary N) is 1. The molecule has 0 aromatic carbocycles. The van der Waals surface area contributed by atoms with Gasteiger partial charge in [0.2, 0.25) is 0 Å². The van der Waals surface area contributed by atoms with Crippen molar-refractivity contribution < 1.29 is 5.21 Å². The number of hydrogen-bond donors (Lipinski definition) is 2. The first-order valence-electron chi connectivity index (χ1n) is 5.32. The second-order valence-corrected chi connectivity index (χ2v) is 4.70. The van der Waals surface area contributed by atoms with Gasteiger partial charge in [0.25, 0.3) is 0 Å². The molecule has 3 N–H and O–H groups in total. The molecule has 0 amide bonds. The molecule has 0 aliphatic carbocycles. The van der Waals surface area contributed by atoms with E-state index in [0.717, 1.165) is 10.7 Å². The average molecular weight is 261 g/mol. The van der Waals surface area contributed by atoms with E-state index in [2.05, 4.69) is 10.1 Å². The standard InChI is InChI=1S/C11H11N5OS/c12-10(14-17)9-2-1-3-15(9)6-8-7-16-4-5-18-11(16)13-8/h1-5,7,17H,6H2,(H2,12,14). The minimum Gasteiger partial charge on any atom is -0.409 e. The SMILES string of the molecule is N/C(=N/O)c1cccn1Cc1cn2ccsc2n1. The predicted molar refractivity (Wildman–Crippen MR) is 69.1 cm³/mol. The molecule has 3 aromatic rings. The summed E-state index contributed by atoms with van der Waals surface area (Å²) in [4.78, 5) is 5.45. The summed E-state index contributed by atoms with van der Waals surface area (Å²) in [5, 5.41) is 13.7. The normalized spacial score (nSPS) is 12.3. The Morgan fingerprint density at radius 3 is 3.17 bits per heavy atom. The summed E-state index contributed by atoms with van der Waals surface area (Å²) in [6.07, 6.45) is 5.82. The van der Waals surface area contributed by atoms with Crippen molar-refractivity contribution in [3.8, 4) is 0 Å². The Morgan fingerprint density at radius 1 is 1.50 bits per heavy atom. The predicted octanol–water partition coefficient (Wildman–Crippen LogP) is 1.34. The third kappa shape index (κ3) is 1.74.